The maximum atomic E-state index is 12.4. The van der Waals surface area contributed by atoms with E-state index in [1.807, 2.05) is 38.1 Å². The van der Waals surface area contributed by atoms with Gasteiger partial charge in [-0.25, -0.2) is 4.98 Å². The zero-order chi connectivity index (χ0) is 18.6. The van der Waals surface area contributed by atoms with Crippen molar-refractivity contribution >= 4 is 5.91 Å². The zero-order valence-corrected chi connectivity index (χ0v) is 15.4. The van der Waals surface area contributed by atoms with Crippen molar-refractivity contribution in [2.24, 2.45) is 5.41 Å². The molecular formula is C20H26N2O4. The fraction of sp³-hybridized carbons (Fsp3) is 0.500. The first-order valence-corrected chi connectivity index (χ1v) is 9.01. The molecule has 1 aliphatic heterocycles. The van der Waals surface area contributed by atoms with E-state index in [0.717, 1.165) is 24.0 Å². The van der Waals surface area contributed by atoms with E-state index in [1.165, 1.54) is 0 Å². The molecule has 0 saturated carbocycles. The fourth-order valence-corrected chi connectivity index (χ4v) is 3.22. The van der Waals surface area contributed by atoms with E-state index >= 15 is 0 Å². The number of nitrogens with zero attached hydrogens (tertiary/aromatic N) is 1. The number of oxazole rings is 1. The van der Waals surface area contributed by atoms with E-state index in [-0.39, 0.29) is 24.3 Å². The summed E-state index contributed by atoms with van der Waals surface area (Å²) in [6.07, 6.45) is 1.67. The van der Waals surface area contributed by atoms with Gasteiger partial charge in [-0.05, 0) is 38.3 Å². The van der Waals surface area contributed by atoms with Gasteiger partial charge in [0.2, 0.25) is 11.8 Å². The lowest BCUT2D eigenvalue weighted by atomic mass is 9.81. The average molecular weight is 358 g/mol. The highest BCUT2D eigenvalue weighted by molar-refractivity contribution is 5.78. The highest BCUT2D eigenvalue weighted by Gasteiger charge is 2.32. The molecule has 0 radical (unpaired) electrons. The van der Waals surface area contributed by atoms with Crippen molar-refractivity contribution in [3.8, 4) is 11.5 Å². The molecule has 1 aromatic carbocycles. The third-order valence-electron chi connectivity index (χ3n) is 5.15. The van der Waals surface area contributed by atoms with Crippen LogP contribution in [0.5, 0.6) is 0 Å². The van der Waals surface area contributed by atoms with Gasteiger partial charge >= 0.3 is 0 Å². The van der Waals surface area contributed by atoms with Crippen molar-refractivity contribution in [1.82, 2.24) is 10.3 Å². The molecule has 1 aromatic heterocycles. The summed E-state index contributed by atoms with van der Waals surface area (Å²) in [7, 11) is 0. The van der Waals surface area contributed by atoms with Gasteiger partial charge in [0.05, 0.1) is 18.7 Å². The number of hydrogen-bond donors (Lipinski definition) is 2. The first-order valence-electron chi connectivity index (χ1n) is 9.01. The highest BCUT2D eigenvalue weighted by atomic mass is 16.5. The van der Waals surface area contributed by atoms with Gasteiger partial charge in [0.1, 0.15) is 5.76 Å². The van der Waals surface area contributed by atoms with Gasteiger partial charge in [0.15, 0.2) is 0 Å². The van der Waals surface area contributed by atoms with E-state index in [2.05, 4.69) is 10.3 Å². The molecule has 0 aliphatic carbocycles. The summed E-state index contributed by atoms with van der Waals surface area (Å²) < 4.78 is 11.1. The van der Waals surface area contributed by atoms with Crippen LogP contribution in [0.1, 0.15) is 29.9 Å². The predicted octanol–water partition coefficient (Wildman–Crippen LogP) is 2.41. The lowest BCUT2D eigenvalue weighted by molar-refractivity contribution is -0.121. The molecule has 2 aromatic rings. The smallest absolute Gasteiger partial charge is 0.226 e. The number of hydrogen-bond acceptors (Lipinski definition) is 5. The number of aliphatic hydroxyl groups is 1. The minimum absolute atomic E-state index is 0.0526. The van der Waals surface area contributed by atoms with Crippen LogP contribution in [0, 0.1) is 19.3 Å². The summed E-state index contributed by atoms with van der Waals surface area (Å²) >= 11 is 0. The number of carbonyl (C=O) groups excluding carboxylic acids is 1. The number of nitrogens with one attached hydrogen (secondary N) is 1. The lowest BCUT2D eigenvalue weighted by Gasteiger charge is -2.35. The summed E-state index contributed by atoms with van der Waals surface area (Å²) in [4.78, 5) is 16.9. The Morgan fingerprint density at radius 2 is 2.00 bits per heavy atom. The number of aliphatic hydroxyl groups excluding tert-OH is 1. The molecule has 0 bridgehead atoms. The van der Waals surface area contributed by atoms with Gasteiger partial charge in [-0.15, -0.1) is 0 Å². The summed E-state index contributed by atoms with van der Waals surface area (Å²) in [5.41, 5.74) is 2.38. The van der Waals surface area contributed by atoms with Crippen LogP contribution in [-0.4, -0.2) is 42.4 Å². The quantitative estimate of drug-likeness (QED) is 0.828. The van der Waals surface area contributed by atoms with Crippen LogP contribution in [0.4, 0.5) is 0 Å². The van der Waals surface area contributed by atoms with E-state index < -0.39 is 0 Å². The molecule has 1 amide bonds. The summed E-state index contributed by atoms with van der Waals surface area (Å²) in [6.45, 7) is 5.58. The standard InChI is InChI=1S/C20H26N2O4/c1-14-5-3-4-6-16(14)19-22-17(15(2)26-19)11-18(24)21-12-20(13-23)7-9-25-10-8-20/h3-6,23H,7-13H2,1-2H3,(H,21,24). The van der Waals surface area contributed by atoms with Gasteiger partial charge in [0.25, 0.3) is 0 Å². The van der Waals surface area contributed by atoms with Crippen molar-refractivity contribution in [1.29, 1.82) is 0 Å². The Hall–Kier alpha value is -2.18. The molecule has 3 rings (SSSR count). The minimum atomic E-state index is -0.279. The van der Waals surface area contributed by atoms with Crippen LogP contribution in [0.25, 0.3) is 11.5 Å². The second-order valence-corrected chi connectivity index (χ2v) is 7.06. The van der Waals surface area contributed by atoms with E-state index in [9.17, 15) is 9.90 Å². The normalized spacial score (nSPS) is 16.4. The Morgan fingerprint density at radius 3 is 2.69 bits per heavy atom. The number of ether oxygens (including phenoxy) is 1. The van der Waals surface area contributed by atoms with Crippen LogP contribution in [0.15, 0.2) is 28.7 Å². The van der Waals surface area contributed by atoms with Crippen LogP contribution in [0.3, 0.4) is 0 Å². The van der Waals surface area contributed by atoms with Crippen LogP contribution >= 0.6 is 0 Å². The van der Waals surface area contributed by atoms with Crippen molar-refractivity contribution in [2.45, 2.75) is 33.1 Å². The molecule has 0 atom stereocenters. The zero-order valence-electron chi connectivity index (χ0n) is 15.4. The minimum Gasteiger partial charge on any atom is -0.441 e. The molecule has 2 heterocycles. The second-order valence-electron chi connectivity index (χ2n) is 7.06. The molecule has 2 N–H and O–H groups in total. The van der Waals surface area contributed by atoms with E-state index in [1.54, 1.807) is 0 Å². The van der Waals surface area contributed by atoms with Crippen molar-refractivity contribution in [3.63, 3.8) is 0 Å². The molecule has 26 heavy (non-hydrogen) atoms. The summed E-state index contributed by atoms with van der Waals surface area (Å²) in [5, 5.41) is 12.7. The summed E-state index contributed by atoms with van der Waals surface area (Å²) in [6, 6.07) is 7.87. The molecule has 140 valence electrons. The topological polar surface area (TPSA) is 84.6 Å². The van der Waals surface area contributed by atoms with Gasteiger partial charge in [-0.3, -0.25) is 4.79 Å². The Balaban J connectivity index is 1.64. The lowest BCUT2D eigenvalue weighted by Crippen LogP contribution is -2.44. The van der Waals surface area contributed by atoms with Gasteiger partial charge in [-0.1, -0.05) is 18.2 Å². The van der Waals surface area contributed by atoms with E-state index in [0.29, 0.717) is 37.1 Å². The van der Waals surface area contributed by atoms with Crippen molar-refractivity contribution < 1.29 is 19.1 Å². The Morgan fingerprint density at radius 1 is 1.27 bits per heavy atom. The largest absolute Gasteiger partial charge is 0.441 e. The summed E-state index contributed by atoms with van der Waals surface area (Å²) in [5.74, 6) is 1.08. The molecule has 6 nitrogen and oxygen atoms in total. The average Bonchev–Trinajstić information content (AvgIpc) is 3.01. The van der Waals surface area contributed by atoms with E-state index in [4.69, 9.17) is 9.15 Å². The molecule has 6 heteroatoms. The number of aryl methyl sites for hydroxylation is 2. The number of amides is 1. The Bertz CT molecular complexity index is 763. The maximum Gasteiger partial charge on any atom is 0.226 e. The second kappa shape index (κ2) is 8.01. The maximum absolute atomic E-state index is 12.4. The van der Waals surface area contributed by atoms with Crippen molar-refractivity contribution in [3.05, 3.63) is 41.3 Å². The molecule has 1 saturated heterocycles. The molecule has 1 aliphatic rings. The predicted molar refractivity (Wildman–Crippen MR) is 97.7 cm³/mol. The monoisotopic (exact) mass is 358 g/mol. The molecule has 0 spiro atoms. The fourth-order valence-electron chi connectivity index (χ4n) is 3.22. The Labute approximate surface area is 153 Å². The number of rotatable bonds is 6. The highest BCUT2D eigenvalue weighted by Crippen LogP contribution is 2.29. The van der Waals surface area contributed by atoms with Crippen molar-refractivity contribution in [2.75, 3.05) is 26.4 Å². The van der Waals surface area contributed by atoms with Crippen LogP contribution < -0.4 is 5.32 Å². The third kappa shape index (κ3) is 4.14. The first-order chi connectivity index (χ1) is 12.5. The van der Waals surface area contributed by atoms with Crippen LogP contribution in [-0.2, 0) is 16.0 Å². The van der Waals surface area contributed by atoms with Gasteiger partial charge in [-0.2, -0.15) is 0 Å². The molecule has 1 fully saturated rings. The molecule has 0 unspecified atom stereocenters. The Kier molecular flexibility index (Phi) is 5.74. The van der Waals surface area contributed by atoms with Crippen LogP contribution in [0.2, 0.25) is 0 Å². The first kappa shape index (κ1) is 18.6. The number of benzene rings is 1. The molecular weight excluding hydrogens is 332 g/mol. The number of aromatic nitrogens is 1. The van der Waals surface area contributed by atoms with Gasteiger partial charge in [0, 0.05) is 30.7 Å². The number of carbonyl (C=O) groups is 1. The SMILES string of the molecule is Cc1ccccc1-c1nc(CC(=O)NCC2(CO)CCOCC2)c(C)o1. The third-order valence-corrected chi connectivity index (χ3v) is 5.15. The van der Waals surface area contributed by atoms with Gasteiger partial charge < -0.3 is 19.6 Å².